The van der Waals surface area contributed by atoms with Gasteiger partial charge in [-0.25, -0.2) is 0 Å². The molecule has 1 aliphatic rings. The predicted molar refractivity (Wildman–Crippen MR) is 79.2 cm³/mol. The average Bonchev–Trinajstić information content (AvgIpc) is 2.78. The number of thiophene rings is 1. The summed E-state index contributed by atoms with van der Waals surface area (Å²) in [4.78, 5) is 16.1. The summed E-state index contributed by atoms with van der Waals surface area (Å²) in [6.45, 7) is 4.37. The highest BCUT2D eigenvalue weighted by atomic mass is 32.1. The van der Waals surface area contributed by atoms with Crippen molar-refractivity contribution in [2.45, 2.75) is 26.2 Å². The Morgan fingerprint density at radius 2 is 2.32 bits per heavy atom. The maximum absolute atomic E-state index is 12.4. The Hall–Kier alpha value is -1.31. The van der Waals surface area contributed by atoms with Crippen LogP contribution >= 0.6 is 11.3 Å². The molecule has 1 saturated heterocycles. The minimum Gasteiger partial charge on any atom is -0.338 e. The maximum Gasteiger partial charge on any atom is 0.263 e. The first-order valence-corrected chi connectivity index (χ1v) is 7.60. The van der Waals surface area contributed by atoms with Crippen LogP contribution in [0.1, 0.15) is 40.7 Å². The lowest BCUT2D eigenvalue weighted by Gasteiger charge is -2.19. The molecule has 2 heterocycles. The lowest BCUT2D eigenvalue weighted by Crippen LogP contribution is -2.31. The van der Waals surface area contributed by atoms with E-state index in [1.165, 1.54) is 17.8 Å². The molecule has 0 aliphatic carbocycles. The van der Waals surface area contributed by atoms with Gasteiger partial charge in [-0.05, 0) is 37.3 Å². The van der Waals surface area contributed by atoms with Crippen molar-refractivity contribution >= 4 is 17.2 Å². The molecule has 2 rings (SSSR count). The smallest absolute Gasteiger partial charge is 0.263 e. The summed E-state index contributed by atoms with van der Waals surface area (Å²) in [6, 6.07) is 3.78. The summed E-state index contributed by atoms with van der Waals surface area (Å²) in [5.74, 6) is 6.67. The fourth-order valence-corrected chi connectivity index (χ4v) is 3.13. The van der Waals surface area contributed by atoms with Gasteiger partial charge in [-0.1, -0.05) is 18.8 Å². The Balaban J connectivity index is 2.04. The van der Waals surface area contributed by atoms with Crippen LogP contribution in [-0.4, -0.2) is 30.4 Å². The zero-order valence-electron chi connectivity index (χ0n) is 11.3. The number of carbonyl (C=O) groups excluding carboxylic acids is 1. The van der Waals surface area contributed by atoms with Gasteiger partial charge in [0, 0.05) is 13.1 Å². The van der Waals surface area contributed by atoms with Gasteiger partial charge in [0.25, 0.3) is 5.91 Å². The third-order valence-electron chi connectivity index (χ3n) is 3.43. The van der Waals surface area contributed by atoms with Crippen molar-refractivity contribution in [3.05, 3.63) is 21.9 Å². The van der Waals surface area contributed by atoms with E-state index in [9.17, 15) is 4.79 Å². The number of hydrogen-bond donors (Lipinski definition) is 1. The fraction of sp³-hybridized carbons (Fsp3) is 0.533. The number of likely N-dealkylation sites (tertiary alicyclic amines) is 1. The van der Waals surface area contributed by atoms with E-state index >= 15 is 0 Å². The second kappa shape index (κ2) is 6.74. The zero-order chi connectivity index (χ0) is 13.7. The minimum atomic E-state index is 0.153. The Labute approximate surface area is 118 Å². The Morgan fingerprint density at radius 1 is 1.47 bits per heavy atom. The summed E-state index contributed by atoms with van der Waals surface area (Å²) in [5, 5.41) is 0. The molecule has 4 heteroatoms. The molecular formula is C15H20N2OS. The van der Waals surface area contributed by atoms with Gasteiger partial charge in [0.05, 0.1) is 16.3 Å². The molecule has 0 bridgehead atoms. The number of nitrogens with two attached hydrogens (primary N) is 1. The Bertz CT molecular complexity index is 498. The first-order chi connectivity index (χ1) is 9.20. The first kappa shape index (κ1) is 14.1. The maximum atomic E-state index is 12.4. The van der Waals surface area contributed by atoms with E-state index in [2.05, 4.69) is 18.8 Å². The third kappa shape index (κ3) is 3.82. The molecule has 3 nitrogen and oxygen atoms in total. The number of rotatable bonds is 1. The highest BCUT2D eigenvalue weighted by molar-refractivity contribution is 7.14. The first-order valence-electron chi connectivity index (χ1n) is 6.78. The summed E-state index contributed by atoms with van der Waals surface area (Å²) in [5.41, 5.74) is 5.35. The molecule has 1 amide bonds. The van der Waals surface area contributed by atoms with Crippen molar-refractivity contribution in [3.63, 3.8) is 0 Å². The number of nitrogens with zero attached hydrogens (tertiary/aromatic N) is 1. The third-order valence-corrected chi connectivity index (χ3v) is 4.42. The zero-order valence-corrected chi connectivity index (χ0v) is 12.1. The molecule has 0 aromatic carbocycles. The summed E-state index contributed by atoms with van der Waals surface area (Å²) in [7, 11) is 0. The second-order valence-corrected chi connectivity index (χ2v) is 6.08. The molecule has 19 heavy (non-hydrogen) atoms. The van der Waals surface area contributed by atoms with E-state index in [0.29, 0.717) is 6.54 Å². The van der Waals surface area contributed by atoms with Crippen molar-refractivity contribution < 1.29 is 4.79 Å². The lowest BCUT2D eigenvalue weighted by atomic mass is 10.0. The van der Waals surface area contributed by atoms with Crippen LogP contribution in [-0.2, 0) is 0 Å². The fourth-order valence-electron chi connectivity index (χ4n) is 2.28. The van der Waals surface area contributed by atoms with Gasteiger partial charge in [0.1, 0.15) is 0 Å². The van der Waals surface area contributed by atoms with Crippen molar-refractivity contribution in [1.29, 1.82) is 0 Å². The van der Waals surface area contributed by atoms with Crippen molar-refractivity contribution in [3.8, 4) is 11.8 Å². The number of hydrogen-bond acceptors (Lipinski definition) is 3. The molecule has 1 fully saturated rings. The normalized spacial score (nSPS) is 19.5. The van der Waals surface area contributed by atoms with Crippen LogP contribution in [0.4, 0.5) is 0 Å². The van der Waals surface area contributed by atoms with Crippen molar-refractivity contribution in [1.82, 2.24) is 4.90 Å². The lowest BCUT2D eigenvalue weighted by molar-refractivity contribution is 0.0765. The Morgan fingerprint density at radius 3 is 3.11 bits per heavy atom. The van der Waals surface area contributed by atoms with Gasteiger partial charge in [0.2, 0.25) is 0 Å². The summed E-state index contributed by atoms with van der Waals surface area (Å²) >= 11 is 1.46. The molecule has 0 radical (unpaired) electrons. The average molecular weight is 276 g/mol. The minimum absolute atomic E-state index is 0.153. The van der Waals surface area contributed by atoms with Gasteiger partial charge in [-0.2, -0.15) is 0 Å². The molecule has 0 saturated carbocycles. The van der Waals surface area contributed by atoms with Crippen LogP contribution < -0.4 is 5.73 Å². The van der Waals surface area contributed by atoms with Crippen LogP contribution in [0.25, 0.3) is 0 Å². The van der Waals surface area contributed by atoms with E-state index < -0.39 is 0 Å². The number of amides is 1. The largest absolute Gasteiger partial charge is 0.338 e. The van der Waals surface area contributed by atoms with Gasteiger partial charge in [-0.15, -0.1) is 11.3 Å². The Kier molecular flexibility index (Phi) is 5.00. The van der Waals surface area contributed by atoms with Crippen LogP contribution in [0.3, 0.4) is 0 Å². The summed E-state index contributed by atoms with van der Waals surface area (Å²) < 4.78 is 0. The molecule has 102 valence electrons. The summed E-state index contributed by atoms with van der Waals surface area (Å²) in [6.07, 6.45) is 3.44. The highest BCUT2D eigenvalue weighted by Crippen LogP contribution is 2.21. The molecule has 0 spiro atoms. The molecule has 1 aromatic heterocycles. The molecule has 2 N–H and O–H groups in total. The van der Waals surface area contributed by atoms with Gasteiger partial charge < -0.3 is 10.6 Å². The second-order valence-electron chi connectivity index (χ2n) is 5.00. The van der Waals surface area contributed by atoms with E-state index in [4.69, 9.17) is 5.73 Å². The van der Waals surface area contributed by atoms with E-state index in [0.717, 1.165) is 41.6 Å². The van der Waals surface area contributed by atoms with Gasteiger partial charge >= 0.3 is 0 Å². The van der Waals surface area contributed by atoms with Crippen molar-refractivity contribution in [2.24, 2.45) is 11.7 Å². The van der Waals surface area contributed by atoms with Gasteiger partial charge in [0.15, 0.2) is 0 Å². The van der Waals surface area contributed by atoms with Crippen molar-refractivity contribution in [2.75, 3.05) is 19.6 Å². The van der Waals surface area contributed by atoms with E-state index in [-0.39, 0.29) is 5.91 Å². The predicted octanol–water partition coefficient (Wildman–Crippen LogP) is 2.32. The monoisotopic (exact) mass is 276 g/mol. The highest BCUT2D eigenvalue weighted by Gasteiger charge is 2.20. The van der Waals surface area contributed by atoms with E-state index in [1.54, 1.807) is 0 Å². The van der Waals surface area contributed by atoms with Crippen LogP contribution in [0.2, 0.25) is 0 Å². The standard InChI is InChI=1S/C15H20N2OS/c1-12-4-3-10-17(11-8-12)15(18)14-7-6-13(19-14)5-2-9-16/h6-7,12H,3-4,8-11,16H2,1H3. The molecule has 1 unspecified atom stereocenters. The van der Waals surface area contributed by atoms with Gasteiger partial charge in [-0.3, -0.25) is 4.79 Å². The SMILES string of the molecule is CC1CCCN(C(=O)c2ccc(C#CCN)s2)CC1. The van der Waals surface area contributed by atoms with E-state index in [1.807, 2.05) is 17.0 Å². The number of carbonyl (C=O) groups is 1. The van der Waals surface area contributed by atoms with Crippen LogP contribution in [0, 0.1) is 17.8 Å². The molecule has 1 atom stereocenters. The molecule has 1 aliphatic heterocycles. The molecular weight excluding hydrogens is 256 g/mol. The quantitative estimate of drug-likeness (QED) is 0.800. The molecule has 1 aromatic rings. The van der Waals surface area contributed by atoms with Crippen LogP contribution in [0.15, 0.2) is 12.1 Å². The topological polar surface area (TPSA) is 46.3 Å². The van der Waals surface area contributed by atoms with Crippen LogP contribution in [0.5, 0.6) is 0 Å².